The quantitative estimate of drug-likeness (QED) is 0.804. The Morgan fingerprint density at radius 1 is 1.64 bits per heavy atom. The third kappa shape index (κ3) is 2.58. The van der Waals surface area contributed by atoms with Crippen LogP contribution in [0.1, 0.15) is 26.3 Å². The zero-order chi connectivity index (χ0) is 10.8. The SMILES string of the molecule is CC(C)(C)C(Cc1cnoc1)C(=O)O. The van der Waals surface area contributed by atoms with E-state index in [0.717, 1.165) is 5.56 Å². The molecule has 1 unspecified atom stereocenters. The van der Waals surface area contributed by atoms with Gasteiger partial charge in [0.1, 0.15) is 6.26 Å². The van der Waals surface area contributed by atoms with Gasteiger partial charge in [-0.3, -0.25) is 4.79 Å². The van der Waals surface area contributed by atoms with E-state index in [9.17, 15) is 4.79 Å². The lowest BCUT2D eigenvalue weighted by Gasteiger charge is -2.26. The van der Waals surface area contributed by atoms with E-state index in [0.29, 0.717) is 6.42 Å². The number of aliphatic carboxylic acids is 1. The average Bonchev–Trinajstić information content (AvgIpc) is 2.48. The van der Waals surface area contributed by atoms with E-state index in [1.807, 2.05) is 20.8 Å². The molecule has 1 aromatic heterocycles. The Kier molecular flexibility index (Phi) is 2.93. The average molecular weight is 197 g/mol. The van der Waals surface area contributed by atoms with Crippen LogP contribution >= 0.6 is 0 Å². The smallest absolute Gasteiger partial charge is 0.307 e. The van der Waals surface area contributed by atoms with Gasteiger partial charge in [0.15, 0.2) is 0 Å². The first-order valence-corrected chi connectivity index (χ1v) is 4.52. The molecule has 0 aliphatic rings. The van der Waals surface area contributed by atoms with Crippen molar-refractivity contribution in [1.82, 2.24) is 5.16 Å². The Morgan fingerprint density at radius 2 is 2.29 bits per heavy atom. The van der Waals surface area contributed by atoms with Gasteiger partial charge in [0, 0.05) is 5.56 Å². The van der Waals surface area contributed by atoms with E-state index in [2.05, 4.69) is 9.68 Å². The van der Waals surface area contributed by atoms with E-state index in [-0.39, 0.29) is 5.41 Å². The molecule has 0 spiro atoms. The van der Waals surface area contributed by atoms with Crippen molar-refractivity contribution in [3.05, 3.63) is 18.0 Å². The second kappa shape index (κ2) is 3.82. The molecule has 0 amide bonds. The fraction of sp³-hybridized carbons (Fsp3) is 0.600. The molecule has 0 aliphatic heterocycles. The maximum absolute atomic E-state index is 11.0. The number of carboxylic acids is 1. The van der Waals surface area contributed by atoms with Crippen molar-refractivity contribution in [2.45, 2.75) is 27.2 Å². The fourth-order valence-corrected chi connectivity index (χ4v) is 1.33. The highest BCUT2D eigenvalue weighted by molar-refractivity contribution is 5.71. The zero-order valence-electron chi connectivity index (χ0n) is 8.65. The lowest BCUT2D eigenvalue weighted by molar-refractivity contribution is -0.145. The first-order valence-electron chi connectivity index (χ1n) is 4.52. The molecule has 0 saturated heterocycles. The summed E-state index contributed by atoms with van der Waals surface area (Å²) in [4.78, 5) is 11.0. The molecule has 1 aromatic rings. The first-order chi connectivity index (χ1) is 6.41. The van der Waals surface area contributed by atoms with Gasteiger partial charge >= 0.3 is 5.97 Å². The number of rotatable bonds is 3. The summed E-state index contributed by atoms with van der Waals surface area (Å²) in [6.07, 6.45) is 3.51. The van der Waals surface area contributed by atoms with E-state index in [1.165, 1.54) is 6.26 Å². The standard InChI is InChI=1S/C10H15NO3/c1-10(2,3)8(9(12)13)4-7-5-11-14-6-7/h5-6,8H,4H2,1-3H3,(H,12,13). The third-order valence-corrected chi connectivity index (χ3v) is 2.27. The Hall–Kier alpha value is -1.32. The minimum absolute atomic E-state index is 0.261. The lowest BCUT2D eigenvalue weighted by Crippen LogP contribution is -2.30. The molecule has 0 saturated carbocycles. The molecule has 1 atom stereocenters. The summed E-state index contributed by atoms with van der Waals surface area (Å²) in [5, 5.41) is 12.6. The van der Waals surface area contributed by atoms with Crippen molar-refractivity contribution in [2.24, 2.45) is 11.3 Å². The van der Waals surface area contributed by atoms with Gasteiger partial charge in [-0.1, -0.05) is 25.9 Å². The van der Waals surface area contributed by atoms with Crippen molar-refractivity contribution >= 4 is 5.97 Å². The summed E-state index contributed by atoms with van der Waals surface area (Å²) in [7, 11) is 0. The zero-order valence-corrected chi connectivity index (χ0v) is 8.65. The number of aromatic nitrogens is 1. The monoisotopic (exact) mass is 197 g/mol. The van der Waals surface area contributed by atoms with Crippen molar-refractivity contribution in [1.29, 1.82) is 0 Å². The molecular formula is C10H15NO3. The largest absolute Gasteiger partial charge is 0.481 e. The summed E-state index contributed by atoms with van der Waals surface area (Å²) in [5.41, 5.74) is 0.565. The molecular weight excluding hydrogens is 182 g/mol. The van der Waals surface area contributed by atoms with Crippen molar-refractivity contribution in [3.8, 4) is 0 Å². The Bertz CT molecular complexity index is 298. The van der Waals surface area contributed by atoms with Crippen LogP contribution in [0.15, 0.2) is 17.0 Å². The Balaban J connectivity index is 2.76. The van der Waals surface area contributed by atoms with Crippen LogP contribution in [0.25, 0.3) is 0 Å². The topological polar surface area (TPSA) is 63.3 Å². The summed E-state index contributed by atoms with van der Waals surface area (Å²) >= 11 is 0. The van der Waals surface area contributed by atoms with E-state index >= 15 is 0 Å². The molecule has 0 fully saturated rings. The minimum Gasteiger partial charge on any atom is -0.481 e. The van der Waals surface area contributed by atoms with Gasteiger partial charge in [0.25, 0.3) is 0 Å². The van der Waals surface area contributed by atoms with Gasteiger partial charge in [-0.15, -0.1) is 0 Å². The summed E-state index contributed by atoms with van der Waals surface area (Å²) < 4.78 is 4.66. The van der Waals surface area contributed by atoms with Crippen LogP contribution in [0.5, 0.6) is 0 Å². The molecule has 1 N–H and O–H groups in total. The maximum atomic E-state index is 11.0. The van der Waals surface area contributed by atoms with Gasteiger partial charge < -0.3 is 9.63 Å². The number of hydrogen-bond acceptors (Lipinski definition) is 3. The van der Waals surface area contributed by atoms with Crippen LogP contribution in [0, 0.1) is 11.3 Å². The third-order valence-electron chi connectivity index (χ3n) is 2.27. The molecule has 4 heteroatoms. The van der Waals surface area contributed by atoms with Gasteiger partial charge in [0.2, 0.25) is 0 Å². The van der Waals surface area contributed by atoms with Crippen molar-refractivity contribution < 1.29 is 14.4 Å². The van der Waals surface area contributed by atoms with Crippen LogP contribution in [0.3, 0.4) is 0 Å². The van der Waals surface area contributed by atoms with E-state index in [4.69, 9.17) is 5.11 Å². The number of hydrogen-bond donors (Lipinski definition) is 1. The molecule has 78 valence electrons. The molecule has 1 rings (SSSR count). The van der Waals surface area contributed by atoms with Gasteiger partial charge in [-0.2, -0.15) is 0 Å². The van der Waals surface area contributed by atoms with Crippen molar-refractivity contribution in [3.63, 3.8) is 0 Å². The van der Waals surface area contributed by atoms with E-state index < -0.39 is 11.9 Å². The van der Waals surface area contributed by atoms with E-state index in [1.54, 1.807) is 6.20 Å². The molecule has 14 heavy (non-hydrogen) atoms. The summed E-state index contributed by atoms with van der Waals surface area (Å²) in [5.74, 6) is -1.19. The second-order valence-corrected chi connectivity index (χ2v) is 4.49. The highest BCUT2D eigenvalue weighted by Gasteiger charge is 2.31. The molecule has 0 bridgehead atoms. The number of carbonyl (C=O) groups is 1. The molecule has 0 aromatic carbocycles. The minimum atomic E-state index is -0.779. The summed E-state index contributed by atoms with van der Waals surface area (Å²) in [6.45, 7) is 5.75. The van der Waals surface area contributed by atoms with Gasteiger partial charge in [0.05, 0.1) is 12.1 Å². The molecule has 0 aliphatic carbocycles. The van der Waals surface area contributed by atoms with Crippen LogP contribution in [-0.4, -0.2) is 16.2 Å². The normalized spacial score (nSPS) is 13.9. The Morgan fingerprint density at radius 3 is 2.64 bits per heavy atom. The molecule has 4 nitrogen and oxygen atoms in total. The maximum Gasteiger partial charge on any atom is 0.307 e. The molecule has 1 heterocycles. The van der Waals surface area contributed by atoms with Crippen LogP contribution in [0.4, 0.5) is 0 Å². The fourth-order valence-electron chi connectivity index (χ4n) is 1.33. The van der Waals surface area contributed by atoms with Crippen molar-refractivity contribution in [2.75, 3.05) is 0 Å². The number of carboxylic acid groups (broad SMARTS) is 1. The number of nitrogens with zero attached hydrogens (tertiary/aromatic N) is 1. The molecule has 0 radical (unpaired) electrons. The van der Waals surface area contributed by atoms with Gasteiger partial charge in [-0.05, 0) is 11.8 Å². The first kappa shape index (κ1) is 10.8. The Labute approximate surface area is 82.9 Å². The van der Waals surface area contributed by atoms with Crippen LogP contribution in [-0.2, 0) is 11.2 Å². The van der Waals surface area contributed by atoms with Crippen LogP contribution in [0.2, 0.25) is 0 Å². The highest BCUT2D eigenvalue weighted by Crippen LogP contribution is 2.29. The lowest BCUT2D eigenvalue weighted by atomic mass is 9.78. The highest BCUT2D eigenvalue weighted by atomic mass is 16.5. The van der Waals surface area contributed by atoms with Crippen LogP contribution < -0.4 is 0 Å². The predicted molar refractivity (Wildman–Crippen MR) is 50.8 cm³/mol. The predicted octanol–water partition coefficient (Wildman–Crippen LogP) is 1.96. The summed E-state index contributed by atoms with van der Waals surface area (Å²) in [6, 6.07) is 0. The second-order valence-electron chi connectivity index (χ2n) is 4.49. The van der Waals surface area contributed by atoms with Gasteiger partial charge in [-0.25, -0.2) is 0 Å².